The SMILES string of the molecule is Cc1ccc(-n2cc(C(=O)N3CCCC(N)C3)c(-c3ccccc3)n2)cc1. The zero-order valence-corrected chi connectivity index (χ0v) is 15.5. The van der Waals surface area contributed by atoms with Gasteiger partial charge in [-0.05, 0) is 31.9 Å². The van der Waals surface area contributed by atoms with Crippen molar-refractivity contribution in [1.29, 1.82) is 0 Å². The van der Waals surface area contributed by atoms with Gasteiger partial charge in [0.2, 0.25) is 0 Å². The molecule has 3 aromatic rings. The van der Waals surface area contributed by atoms with E-state index in [1.54, 1.807) is 4.68 Å². The number of carbonyl (C=O) groups is 1. The van der Waals surface area contributed by atoms with Crippen LogP contribution in [0.1, 0.15) is 28.8 Å². The van der Waals surface area contributed by atoms with E-state index in [1.807, 2.05) is 65.7 Å². The largest absolute Gasteiger partial charge is 0.337 e. The minimum absolute atomic E-state index is 0.00219. The molecule has 0 saturated carbocycles. The average Bonchev–Trinajstić information content (AvgIpc) is 3.14. The predicted molar refractivity (Wildman–Crippen MR) is 107 cm³/mol. The Morgan fingerprint density at radius 3 is 2.56 bits per heavy atom. The van der Waals surface area contributed by atoms with Crippen molar-refractivity contribution in [3.05, 3.63) is 71.9 Å². The van der Waals surface area contributed by atoms with Crippen LogP contribution in [0.15, 0.2) is 60.8 Å². The molecule has 1 atom stereocenters. The van der Waals surface area contributed by atoms with Crippen molar-refractivity contribution in [2.45, 2.75) is 25.8 Å². The molecule has 2 heterocycles. The molecule has 1 aromatic heterocycles. The van der Waals surface area contributed by atoms with Crippen LogP contribution in [0.2, 0.25) is 0 Å². The molecule has 0 radical (unpaired) electrons. The molecule has 4 rings (SSSR count). The number of piperidine rings is 1. The number of likely N-dealkylation sites (tertiary alicyclic amines) is 1. The van der Waals surface area contributed by atoms with Crippen molar-refractivity contribution in [1.82, 2.24) is 14.7 Å². The van der Waals surface area contributed by atoms with Crippen molar-refractivity contribution < 1.29 is 4.79 Å². The first-order valence-electron chi connectivity index (χ1n) is 9.39. The molecule has 5 heteroatoms. The molecule has 5 nitrogen and oxygen atoms in total. The van der Waals surface area contributed by atoms with Crippen LogP contribution in [0, 0.1) is 6.92 Å². The van der Waals surface area contributed by atoms with Crippen LogP contribution in [0.5, 0.6) is 0 Å². The van der Waals surface area contributed by atoms with E-state index in [9.17, 15) is 4.79 Å². The number of nitrogens with zero attached hydrogens (tertiary/aromatic N) is 3. The summed E-state index contributed by atoms with van der Waals surface area (Å²) in [5.74, 6) is 0.00219. The van der Waals surface area contributed by atoms with E-state index in [-0.39, 0.29) is 11.9 Å². The van der Waals surface area contributed by atoms with E-state index >= 15 is 0 Å². The number of carbonyl (C=O) groups excluding carboxylic acids is 1. The molecule has 1 saturated heterocycles. The van der Waals surface area contributed by atoms with E-state index in [0.29, 0.717) is 17.8 Å². The zero-order chi connectivity index (χ0) is 18.8. The van der Waals surface area contributed by atoms with Gasteiger partial charge in [-0.3, -0.25) is 4.79 Å². The van der Waals surface area contributed by atoms with Crippen molar-refractivity contribution in [3.63, 3.8) is 0 Å². The van der Waals surface area contributed by atoms with Gasteiger partial charge in [0.1, 0.15) is 5.69 Å². The van der Waals surface area contributed by atoms with Gasteiger partial charge in [-0.25, -0.2) is 4.68 Å². The van der Waals surface area contributed by atoms with Gasteiger partial charge in [-0.1, -0.05) is 48.0 Å². The second-order valence-electron chi connectivity index (χ2n) is 7.19. The Morgan fingerprint density at radius 2 is 1.85 bits per heavy atom. The van der Waals surface area contributed by atoms with Gasteiger partial charge in [0.25, 0.3) is 5.91 Å². The number of hydrogen-bond donors (Lipinski definition) is 1. The Hall–Kier alpha value is -2.92. The Bertz CT molecular complexity index is 931. The zero-order valence-electron chi connectivity index (χ0n) is 15.5. The lowest BCUT2D eigenvalue weighted by Crippen LogP contribution is -2.45. The second-order valence-corrected chi connectivity index (χ2v) is 7.19. The summed E-state index contributed by atoms with van der Waals surface area (Å²) in [5, 5.41) is 4.75. The minimum Gasteiger partial charge on any atom is -0.337 e. The van der Waals surface area contributed by atoms with Crippen LogP contribution >= 0.6 is 0 Å². The molecule has 0 bridgehead atoms. The Balaban J connectivity index is 1.76. The van der Waals surface area contributed by atoms with Gasteiger partial charge in [-0.15, -0.1) is 0 Å². The summed E-state index contributed by atoms with van der Waals surface area (Å²) in [7, 11) is 0. The molecule has 1 amide bonds. The van der Waals surface area contributed by atoms with Gasteiger partial charge in [-0.2, -0.15) is 5.10 Å². The first-order chi connectivity index (χ1) is 13.1. The molecule has 2 aromatic carbocycles. The topological polar surface area (TPSA) is 64.2 Å². The van der Waals surface area contributed by atoms with Crippen molar-refractivity contribution >= 4 is 5.91 Å². The van der Waals surface area contributed by atoms with Crippen LogP contribution < -0.4 is 5.73 Å². The molecule has 27 heavy (non-hydrogen) atoms. The Labute approximate surface area is 159 Å². The van der Waals surface area contributed by atoms with E-state index in [0.717, 1.165) is 30.6 Å². The maximum absolute atomic E-state index is 13.3. The predicted octanol–water partition coefficient (Wildman–Crippen LogP) is 3.41. The van der Waals surface area contributed by atoms with Crippen LogP contribution in [0.25, 0.3) is 16.9 Å². The maximum Gasteiger partial charge on any atom is 0.257 e. The molecule has 1 aliphatic heterocycles. The van der Waals surface area contributed by atoms with Crippen molar-refractivity contribution in [2.24, 2.45) is 5.73 Å². The summed E-state index contributed by atoms with van der Waals surface area (Å²) in [6.07, 6.45) is 3.76. The van der Waals surface area contributed by atoms with Gasteiger partial charge < -0.3 is 10.6 Å². The average molecular weight is 360 g/mol. The van der Waals surface area contributed by atoms with E-state index in [2.05, 4.69) is 6.92 Å². The molecule has 138 valence electrons. The number of aryl methyl sites for hydroxylation is 1. The number of nitrogens with two attached hydrogens (primary N) is 1. The molecule has 1 aliphatic rings. The molecular weight excluding hydrogens is 336 g/mol. The third-order valence-corrected chi connectivity index (χ3v) is 5.04. The Morgan fingerprint density at radius 1 is 1.11 bits per heavy atom. The fourth-order valence-electron chi connectivity index (χ4n) is 3.53. The number of rotatable bonds is 3. The van der Waals surface area contributed by atoms with E-state index < -0.39 is 0 Å². The maximum atomic E-state index is 13.3. The summed E-state index contributed by atoms with van der Waals surface area (Å²) in [5.41, 5.74) is 10.5. The van der Waals surface area contributed by atoms with E-state index in [1.165, 1.54) is 5.56 Å². The summed E-state index contributed by atoms with van der Waals surface area (Å²) in [4.78, 5) is 15.1. The highest BCUT2D eigenvalue weighted by Gasteiger charge is 2.26. The van der Waals surface area contributed by atoms with Crippen LogP contribution in [0.4, 0.5) is 0 Å². The highest BCUT2D eigenvalue weighted by atomic mass is 16.2. The standard InChI is InChI=1S/C22H24N4O/c1-16-9-11-19(12-10-16)26-15-20(21(24-26)17-6-3-2-4-7-17)22(27)25-13-5-8-18(23)14-25/h2-4,6-7,9-12,15,18H,5,8,13-14,23H2,1H3. The van der Waals surface area contributed by atoms with Gasteiger partial charge in [0.15, 0.2) is 0 Å². The fourth-order valence-corrected chi connectivity index (χ4v) is 3.53. The van der Waals surface area contributed by atoms with Crippen LogP contribution in [0.3, 0.4) is 0 Å². The number of amides is 1. The first kappa shape index (κ1) is 17.5. The van der Waals surface area contributed by atoms with Crippen molar-refractivity contribution in [3.8, 4) is 16.9 Å². The summed E-state index contributed by atoms with van der Waals surface area (Å²) in [6, 6.07) is 18.0. The van der Waals surface area contributed by atoms with E-state index in [4.69, 9.17) is 10.8 Å². The minimum atomic E-state index is 0.00219. The lowest BCUT2D eigenvalue weighted by molar-refractivity contribution is 0.0709. The molecule has 2 N–H and O–H groups in total. The summed E-state index contributed by atoms with van der Waals surface area (Å²) < 4.78 is 1.79. The lowest BCUT2D eigenvalue weighted by atomic mass is 10.0. The van der Waals surface area contributed by atoms with Gasteiger partial charge in [0, 0.05) is 30.9 Å². The third kappa shape index (κ3) is 3.64. The normalized spacial score (nSPS) is 17.1. The van der Waals surface area contributed by atoms with Gasteiger partial charge >= 0.3 is 0 Å². The van der Waals surface area contributed by atoms with Crippen molar-refractivity contribution in [2.75, 3.05) is 13.1 Å². The third-order valence-electron chi connectivity index (χ3n) is 5.04. The molecule has 0 aliphatic carbocycles. The fraction of sp³-hybridized carbons (Fsp3) is 0.273. The molecular formula is C22H24N4O. The highest BCUT2D eigenvalue weighted by molar-refractivity contribution is 6.00. The number of hydrogen-bond acceptors (Lipinski definition) is 3. The molecule has 0 spiro atoms. The first-order valence-corrected chi connectivity index (χ1v) is 9.39. The highest BCUT2D eigenvalue weighted by Crippen LogP contribution is 2.26. The summed E-state index contributed by atoms with van der Waals surface area (Å²) in [6.45, 7) is 3.40. The van der Waals surface area contributed by atoms with Crippen LogP contribution in [-0.4, -0.2) is 39.7 Å². The monoisotopic (exact) mass is 360 g/mol. The van der Waals surface area contributed by atoms with Gasteiger partial charge in [0.05, 0.1) is 11.3 Å². The second kappa shape index (κ2) is 7.37. The number of aromatic nitrogens is 2. The van der Waals surface area contributed by atoms with Crippen LogP contribution in [-0.2, 0) is 0 Å². The molecule has 1 unspecified atom stereocenters. The smallest absolute Gasteiger partial charge is 0.257 e. The quantitative estimate of drug-likeness (QED) is 0.778. The summed E-state index contributed by atoms with van der Waals surface area (Å²) >= 11 is 0. The molecule has 1 fully saturated rings. The lowest BCUT2D eigenvalue weighted by Gasteiger charge is -2.30. The Kier molecular flexibility index (Phi) is 4.77. The number of benzene rings is 2.